The largest absolute Gasteiger partial charge is 0.480 e. The van der Waals surface area contributed by atoms with Gasteiger partial charge in [-0.2, -0.15) is 0 Å². The zero-order valence-electron chi connectivity index (χ0n) is 31.6. The van der Waals surface area contributed by atoms with E-state index in [4.69, 9.17) is 14.9 Å². The number of carbonyl (C=O) groups excluding carboxylic acids is 3. The van der Waals surface area contributed by atoms with Gasteiger partial charge in [0.1, 0.15) is 12.1 Å². The van der Waals surface area contributed by atoms with Crippen molar-refractivity contribution in [3.63, 3.8) is 0 Å². The Morgan fingerprint density at radius 2 is 1.14 bits per heavy atom. The molecule has 0 bridgehead atoms. The van der Waals surface area contributed by atoms with Crippen molar-refractivity contribution < 1.29 is 34.1 Å². The van der Waals surface area contributed by atoms with Crippen LogP contribution in [0.3, 0.4) is 0 Å². The molecular weight excluding hydrogens is 632 g/mol. The van der Waals surface area contributed by atoms with Gasteiger partial charge in [-0.15, -0.1) is 0 Å². The van der Waals surface area contributed by atoms with Gasteiger partial charge in [0.25, 0.3) is 0 Å². The van der Waals surface area contributed by atoms with Crippen LogP contribution in [0.15, 0.2) is 36.5 Å². The molecule has 2 unspecified atom stereocenters. The summed E-state index contributed by atoms with van der Waals surface area (Å²) in [5.41, 5.74) is 0. The van der Waals surface area contributed by atoms with Gasteiger partial charge in [-0.1, -0.05) is 121 Å². The Morgan fingerprint density at radius 3 is 1.76 bits per heavy atom. The predicted molar refractivity (Wildman–Crippen MR) is 204 cm³/mol. The SMILES string of the molecule is CCCCC/C=C\C/C=C\CCCCCCCC(=O)OC(/C=C\CCCCCCCC)CCCCCCC(=O)NCC(=O)NC(CO)C(=O)O. The third-order valence-corrected chi connectivity index (χ3v) is 8.59. The molecule has 0 fully saturated rings. The van der Waals surface area contributed by atoms with Crippen LogP contribution in [0.2, 0.25) is 0 Å². The highest BCUT2D eigenvalue weighted by molar-refractivity contribution is 5.87. The minimum absolute atomic E-state index is 0.126. The molecule has 4 N–H and O–H groups in total. The summed E-state index contributed by atoms with van der Waals surface area (Å²) in [6, 6.07) is -1.39. The molecule has 0 aromatic carbocycles. The molecule has 0 rings (SSSR count). The molecular formula is C41H72N2O7. The standard InChI is InChI=1S/C41H72N2O7/c1-3-5-7-9-11-13-14-15-16-17-18-19-21-23-29-33-40(47)50-36(30-26-22-20-12-10-8-6-4-2)31-27-24-25-28-32-38(45)42-34-39(46)43-37(35-44)41(48)49/h11,13,15-16,26,30,36-37,44H,3-10,12,14,17-25,27-29,31-35H2,1-2H3,(H,42,45)(H,43,46)(H,48,49)/b13-11-,16-15-,30-26-. The van der Waals surface area contributed by atoms with E-state index in [1.54, 1.807) is 0 Å². The van der Waals surface area contributed by atoms with Crippen LogP contribution in [-0.2, 0) is 23.9 Å². The van der Waals surface area contributed by atoms with Gasteiger partial charge in [-0.05, 0) is 76.7 Å². The molecule has 0 aromatic rings. The van der Waals surface area contributed by atoms with E-state index in [0.29, 0.717) is 12.8 Å². The number of carboxylic acids is 1. The van der Waals surface area contributed by atoms with Gasteiger partial charge in [-0.3, -0.25) is 14.4 Å². The maximum atomic E-state index is 12.7. The Labute approximate surface area is 304 Å². The van der Waals surface area contributed by atoms with Gasteiger partial charge >= 0.3 is 11.9 Å². The number of ether oxygens (including phenoxy) is 1. The van der Waals surface area contributed by atoms with Crippen LogP contribution in [0, 0.1) is 0 Å². The van der Waals surface area contributed by atoms with Gasteiger partial charge in [-0.25, -0.2) is 4.79 Å². The molecule has 0 aliphatic heterocycles. The highest BCUT2D eigenvalue weighted by Gasteiger charge is 2.18. The predicted octanol–water partition coefficient (Wildman–Crippen LogP) is 9.04. The zero-order chi connectivity index (χ0) is 36.9. The second-order valence-electron chi connectivity index (χ2n) is 13.4. The highest BCUT2D eigenvalue weighted by atomic mass is 16.5. The number of aliphatic carboxylic acids is 1. The van der Waals surface area contributed by atoms with Crippen molar-refractivity contribution in [1.29, 1.82) is 0 Å². The Kier molecular flexibility index (Phi) is 33.8. The van der Waals surface area contributed by atoms with Crippen molar-refractivity contribution >= 4 is 23.8 Å². The minimum atomic E-state index is -1.39. The molecule has 0 heterocycles. The van der Waals surface area contributed by atoms with E-state index in [1.807, 2.05) is 0 Å². The van der Waals surface area contributed by atoms with Crippen LogP contribution < -0.4 is 10.6 Å². The number of aliphatic hydroxyl groups is 1. The lowest BCUT2D eigenvalue weighted by Crippen LogP contribution is -2.47. The molecule has 0 spiro atoms. The fourth-order valence-electron chi connectivity index (χ4n) is 5.48. The summed E-state index contributed by atoms with van der Waals surface area (Å²) in [4.78, 5) is 47.4. The number of amides is 2. The summed E-state index contributed by atoms with van der Waals surface area (Å²) < 4.78 is 5.88. The highest BCUT2D eigenvalue weighted by Crippen LogP contribution is 2.15. The number of rotatable bonds is 35. The van der Waals surface area contributed by atoms with Gasteiger partial charge in [0.05, 0.1) is 13.2 Å². The minimum Gasteiger partial charge on any atom is -0.480 e. The Balaban J connectivity index is 4.32. The third kappa shape index (κ3) is 32.3. The molecule has 0 aliphatic rings. The molecule has 288 valence electrons. The van der Waals surface area contributed by atoms with Crippen LogP contribution >= 0.6 is 0 Å². The molecule has 0 radical (unpaired) electrons. The normalized spacial score (nSPS) is 12.9. The van der Waals surface area contributed by atoms with Crippen molar-refractivity contribution in [1.82, 2.24) is 10.6 Å². The van der Waals surface area contributed by atoms with Gasteiger partial charge in [0.15, 0.2) is 0 Å². The first kappa shape index (κ1) is 47.1. The Bertz CT molecular complexity index is 947. The second kappa shape index (κ2) is 35.9. The van der Waals surface area contributed by atoms with Crippen LogP contribution in [0.1, 0.15) is 174 Å². The third-order valence-electron chi connectivity index (χ3n) is 8.59. The van der Waals surface area contributed by atoms with Crippen molar-refractivity contribution in [3.05, 3.63) is 36.5 Å². The van der Waals surface area contributed by atoms with Crippen molar-refractivity contribution in [2.24, 2.45) is 0 Å². The molecule has 0 saturated heterocycles. The first-order valence-corrected chi connectivity index (χ1v) is 19.9. The molecule has 50 heavy (non-hydrogen) atoms. The van der Waals surface area contributed by atoms with Gasteiger partial charge in [0.2, 0.25) is 11.8 Å². The van der Waals surface area contributed by atoms with Crippen molar-refractivity contribution in [2.75, 3.05) is 13.2 Å². The summed E-state index contributed by atoms with van der Waals surface area (Å²) in [7, 11) is 0. The number of carboxylic acid groups (broad SMARTS) is 1. The van der Waals surface area contributed by atoms with E-state index < -0.39 is 24.5 Å². The average molecular weight is 705 g/mol. The molecule has 0 aliphatic carbocycles. The first-order chi connectivity index (χ1) is 24.3. The monoisotopic (exact) mass is 705 g/mol. The van der Waals surface area contributed by atoms with E-state index in [0.717, 1.165) is 70.6 Å². The molecule has 2 amide bonds. The molecule has 0 saturated carbocycles. The Hall–Kier alpha value is -2.94. The van der Waals surface area contributed by atoms with Gasteiger partial charge in [0, 0.05) is 12.8 Å². The Morgan fingerprint density at radius 1 is 0.620 bits per heavy atom. The average Bonchev–Trinajstić information content (AvgIpc) is 3.10. The maximum absolute atomic E-state index is 12.7. The zero-order valence-corrected chi connectivity index (χ0v) is 31.6. The molecule has 0 aromatic heterocycles. The number of nitrogens with one attached hydrogen (secondary N) is 2. The van der Waals surface area contributed by atoms with E-state index in [2.05, 4.69) is 60.9 Å². The number of allylic oxidation sites excluding steroid dienone is 5. The fourth-order valence-corrected chi connectivity index (χ4v) is 5.48. The number of unbranched alkanes of at least 4 members (excludes halogenated alkanes) is 17. The number of esters is 1. The number of aliphatic hydroxyl groups excluding tert-OH is 1. The summed E-state index contributed by atoms with van der Waals surface area (Å²) in [6.07, 6.45) is 39.0. The van der Waals surface area contributed by atoms with Crippen LogP contribution in [0.25, 0.3) is 0 Å². The quantitative estimate of drug-likeness (QED) is 0.0293. The van der Waals surface area contributed by atoms with Crippen molar-refractivity contribution in [3.8, 4) is 0 Å². The van der Waals surface area contributed by atoms with Crippen LogP contribution in [0.5, 0.6) is 0 Å². The maximum Gasteiger partial charge on any atom is 0.328 e. The topological polar surface area (TPSA) is 142 Å². The lowest BCUT2D eigenvalue weighted by molar-refractivity contribution is -0.147. The van der Waals surface area contributed by atoms with Crippen LogP contribution in [0.4, 0.5) is 0 Å². The lowest BCUT2D eigenvalue weighted by Gasteiger charge is -2.15. The van der Waals surface area contributed by atoms with E-state index in [9.17, 15) is 19.2 Å². The number of carbonyl (C=O) groups is 4. The first-order valence-electron chi connectivity index (χ1n) is 19.9. The van der Waals surface area contributed by atoms with Crippen molar-refractivity contribution in [2.45, 2.75) is 187 Å². The lowest BCUT2D eigenvalue weighted by atomic mass is 10.1. The van der Waals surface area contributed by atoms with E-state index in [-0.39, 0.29) is 30.9 Å². The smallest absolute Gasteiger partial charge is 0.328 e. The van der Waals surface area contributed by atoms with E-state index in [1.165, 1.54) is 70.6 Å². The van der Waals surface area contributed by atoms with Gasteiger partial charge < -0.3 is 25.6 Å². The summed E-state index contributed by atoms with van der Waals surface area (Å²) in [6.45, 7) is 3.40. The molecule has 9 heteroatoms. The summed E-state index contributed by atoms with van der Waals surface area (Å²) in [5.74, 6) is -2.41. The summed E-state index contributed by atoms with van der Waals surface area (Å²) in [5, 5.41) is 22.5. The van der Waals surface area contributed by atoms with E-state index >= 15 is 0 Å². The fraction of sp³-hybridized carbons (Fsp3) is 0.756. The summed E-state index contributed by atoms with van der Waals surface area (Å²) >= 11 is 0. The number of hydrogen-bond donors (Lipinski definition) is 4. The van der Waals surface area contributed by atoms with Crippen LogP contribution in [-0.4, -0.2) is 59.3 Å². The molecule has 9 nitrogen and oxygen atoms in total. The number of hydrogen-bond acceptors (Lipinski definition) is 6. The second-order valence-corrected chi connectivity index (χ2v) is 13.4. The molecule has 2 atom stereocenters.